The summed E-state index contributed by atoms with van der Waals surface area (Å²) in [5.74, 6) is -0.0382. The van der Waals surface area contributed by atoms with Crippen LogP contribution in [0.15, 0.2) is 29.2 Å². The van der Waals surface area contributed by atoms with E-state index in [1.165, 1.54) is 0 Å². The number of likely N-dealkylation sites (tertiary alicyclic amines) is 1. The first-order valence-corrected chi connectivity index (χ1v) is 9.28. The van der Waals surface area contributed by atoms with Gasteiger partial charge in [0.25, 0.3) is 0 Å². The number of methoxy groups -OCH3 is 1. The number of amides is 1. The lowest BCUT2D eigenvalue weighted by molar-refractivity contribution is -0.139. The predicted octanol–water partition coefficient (Wildman–Crippen LogP) is 3.30. The van der Waals surface area contributed by atoms with E-state index in [2.05, 4.69) is 0 Å². The number of rotatable bonds is 8. The lowest BCUT2D eigenvalue weighted by atomic mass is 10.1. The standard InChI is InChI=1S/C17H22ClNO4S/c1-23-14-9-13(10-17(21)22)19(11-14)16(20)3-2-8-24-15-6-4-12(18)5-7-15/h4-7,13-14H,2-3,8-11H2,1H3,(H,21,22). The van der Waals surface area contributed by atoms with Crippen molar-refractivity contribution in [1.29, 1.82) is 0 Å². The third-order valence-corrected chi connectivity index (χ3v) is 5.41. The zero-order chi connectivity index (χ0) is 17.5. The highest BCUT2D eigenvalue weighted by molar-refractivity contribution is 7.99. The van der Waals surface area contributed by atoms with Crippen molar-refractivity contribution in [3.05, 3.63) is 29.3 Å². The molecule has 1 heterocycles. The number of benzene rings is 1. The molecule has 1 aliphatic heterocycles. The molecule has 2 atom stereocenters. The fourth-order valence-electron chi connectivity index (χ4n) is 2.83. The fourth-order valence-corrected chi connectivity index (χ4v) is 3.81. The number of hydrogen-bond acceptors (Lipinski definition) is 4. The number of hydrogen-bond donors (Lipinski definition) is 1. The maximum Gasteiger partial charge on any atom is 0.305 e. The molecule has 1 fully saturated rings. The number of carboxylic acid groups (broad SMARTS) is 1. The van der Waals surface area contributed by atoms with Gasteiger partial charge in [0.05, 0.1) is 12.5 Å². The van der Waals surface area contributed by atoms with E-state index in [4.69, 9.17) is 21.4 Å². The minimum atomic E-state index is -0.882. The van der Waals surface area contributed by atoms with E-state index in [0.717, 1.165) is 17.1 Å². The van der Waals surface area contributed by atoms with Crippen LogP contribution in [0.4, 0.5) is 0 Å². The molecule has 7 heteroatoms. The van der Waals surface area contributed by atoms with Gasteiger partial charge >= 0.3 is 5.97 Å². The molecule has 1 amide bonds. The lowest BCUT2D eigenvalue weighted by Gasteiger charge is -2.23. The highest BCUT2D eigenvalue weighted by Crippen LogP contribution is 2.25. The first-order chi connectivity index (χ1) is 11.5. The van der Waals surface area contributed by atoms with E-state index < -0.39 is 5.97 Å². The molecular formula is C17H22ClNO4S. The zero-order valence-electron chi connectivity index (χ0n) is 13.6. The average Bonchev–Trinajstić information content (AvgIpc) is 2.95. The van der Waals surface area contributed by atoms with Gasteiger partial charge in [-0.15, -0.1) is 11.8 Å². The normalized spacial score (nSPS) is 20.3. The van der Waals surface area contributed by atoms with Crippen LogP contribution < -0.4 is 0 Å². The maximum atomic E-state index is 12.4. The van der Waals surface area contributed by atoms with Crippen molar-refractivity contribution < 1.29 is 19.4 Å². The van der Waals surface area contributed by atoms with Crippen LogP contribution in [0.5, 0.6) is 0 Å². The molecule has 1 aliphatic rings. The summed E-state index contributed by atoms with van der Waals surface area (Å²) < 4.78 is 5.29. The van der Waals surface area contributed by atoms with E-state index in [1.807, 2.05) is 24.3 Å². The van der Waals surface area contributed by atoms with Crippen molar-refractivity contribution in [3.8, 4) is 0 Å². The molecule has 0 bridgehead atoms. The number of halogens is 1. The van der Waals surface area contributed by atoms with Crippen LogP contribution in [0, 0.1) is 0 Å². The van der Waals surface area contributed by atoms with Crippen LogP contribution in [0.2, 0.25) is 5.02 Å². The smallest absolute Gasteiger partial charge is 0.305 e. The summed E-state index contributed by atoms with van der Waals surface area (Å²) in [6.45, 7) is 0.484. The van der Waals surface area contributed by atoms with Crippen molar-refractivity contribution in [2.24, 2.45) is 0 Å². The van der Waals surface area contributed by atoms with Gasteiger partial charge in [-0.05, 0) is 42.9 Å². The van der Waals surface area contributed by atoms with Crippen LogP contribution in [0.1, 0.15) is 25.7 Å². The minimum Gasteiger partial charge on any atom is -0.481 e. The number of thioether (sulfide) groups is 1. The molecule has 1 aromatic carbocycles. The van der Waals surface area contributed by atoms with Crippen LogP contribution in [-0.4, -0.2) is 53.4 Å². The van der Waals surface area contributed by atoms with Gasteiger partial charge in [0, 0.05) is 36.0 Å². The maximum absolute atomic E-state index is 12.4. The Morgan fingerprint density at radius 3 is 2.71 bits per heavy atom. The molecular weight excluding hydrogens is 350 g/mol. The molecule has 1 aromatic rings. The number of carboxylic acids is 1. The Kier molecular flexibility index (Phi) is 7.40. The summed E-state index contributed by atoms with van der Waals surface area (Å²) in [4.78, 5) is 26.2. The first-order valence-electron chi connectivity index (χ1n) is 7.92. The molecule has 2 unspecified atom stereocenters. The van der Waals surface area contributed by atoms with Crippen molar-refractivity contribution in [3.63, 3.8) is 0 Å². The quantitative estimate of drug-likeness (QED) is 0.561. The predicted molar refractivity (Wildman–Crippen MR) is 94.6 cm³/mol. The Morgan fingerprint density at radius 2 is 2.08 bits per heavy atom. The topological polar surface area (TPSA) is 66.8 Å². The number of aliphatic carboxylic acids is 1. The van der Waals surface area contributed by atoms with Crippen LogP contribution in [-0.2, 0) is 14.3 Å². The Morgan fingerprint density at radius 1 is 1.38 bits per heavy atom. The monoisotopic (exact) mass is 371 g/mol. The van der Waals surface area contributed by atoms with E-state index in [0.29, 0.717) is 24.4 Å². The third kappa shape index (κ3) is 5.69. The van der Waals surface area contributed by atoms with Gasteiger partial charge in [-0.3, -0.25) is 9.59 Å². The summed E-state index contributed by atoms with van der Waals surface area (Å²) in [7, 11) is 1.60. The molecule has 0 spiro atoms. The molecule has 2 rings (SSSR count). The average molecular weight is 372 g/mol. The molecule has 132 valence electrons. The molecule has 24 heavy (non-hydrogen) atoms. The van der Waals surface area contributed by atoms with Gasteiger partial charge in [0.15, 0.2) is 0 Å². The fraction of sp³-hybridized carbons (Fsp3) is 0.529. The number of ether oxygens (including phenoxy) is 1. The van der Waals surface area contributed by atoms with Crippen LogP contribution >= 0.6 is 23.4 Å². The SMILES string of the molecule is COC1CC(CC(=O)O)N(C(=O)CCCSc2ccc(Cl)cc2)C1. The zero-order valence-corrected chi connectivity index (χ0v) is 15.2. The second kappa shape index (κ2) is 9.30. The molecule has 5 nitrogen and oxygen atoms in total. The largest absolute Gasteiger partial charge is 0.481 e. The molecule has 1 N–H and O–H groups in total. The van der Waals surface area contributed by atoms with E-state index >= 15 is 0 Å². The third-order valence-electron chi connectivity index (χ3n) is 4.06. The van der Waals surface area contributed by atoms with Gasteiger partial charge in [-0.2, -0.15) is 0 Å². The van der Waals surface area contributed by atoms with E-state index in [1.54, 1.807) is 23.8 Å². The van der Waals surface area contributed by atoms with E-state index in [9.17, 15) is 9.59 Å². The molecule has 0 radical (unpaired) electrons. The Bertz CT molecular complexity index is 566. The van der Waals surface area contributed by atoms with Crippen molar-refractivity contribution in [1.82, 2.24) is 4.90 Å². The Labute approximate surface area is 151 Å². The summed E-state index contributed by atoms with van der Waals surface area (Å²) in [6.07, 6.45) is 1.67. The van der Waals surface area contributed by atoms with Gasteiger partial charge in [-0.1, -0.05) is 11.6 Å². The van der Waals surface area contributed by atoms with E-state index in [-0.39, 0.29) is 24.5 Å². The molecule has 1 saturated heterocycles. The highest BCUT2D eigenvalue weighted by atomic mass is 35.5. The minimum absolute atomic E-state index is 0.0116. The van der Waals surface area contributed by atoms with Gasteiger partial charge in [0.2, 0.25) is 5.91 Å². The molecule has 0 saturated carbocycles. The summed E-state index contributed by atoms with van der Waals surface area (Å²) >= 11 is 7.53. The van der Waals surface area contributed by atoms with Gasteiger partial charge < -0.3 is 14.7 Å². The highest BCUT2D eigenvalue weighted by Gasteiger charge is 2.36. The first kappa shape index (κ1) is 19.1. The van der Waals surface area contributed by atoms with Crippen molar-refractivity contribution >= 4 is 35.2 Å². The van der Waals surface area contributed by atoms with Crippen molar-refractivity contribution in [2.45, 2.75) is 42.7 Å². The molecule has 0 aliphatic carbocycles. The Hall–Kier alpha value is -1.24. The van der Waals surface area contributed by atoms with Gasteiger partial charge in [-0.25, -0.2) is 0 Å². The molecule has 0 aromatic heterocycles. The number of nitrogens with zero attached hydrogens (tertiary/aromatic N) is 1. The summed E-state index contributed by atoms with van der Waals surface area (Å²) in [5.41, 5.74) is 0. The van der Waals surface area contributed by atoms with Crippen molar-refractivity contribution in [2.75, 3.05) is 19.4 Å². The number of carbonyl (C=O) groups is 2. The Balaban J connectivity index is 1.77. The van der Waals surface area contributed by atoms with Crippen LogP contribution in [0.3, 0.4) is 0 Å². The second-order valence-corrected chi connectivity index (χ2v) is 7.40. The summed E-state index contributed by atoms with van der Waals surface area (Å²) in [6, 6.07) is 7.35. The summed E-state index contributed by atoms with van der Waals surface area (Å²) in [5, 5.41) is 9.71. The number of carbonyl (C=O) groups excluding carboxylic acids is 1. The lowest BCUT2D eigenvalue weighted by Crippen LogP contribution is -2.37. The van der Waals surface area contributed by atoms with Crippen LogP contribution in [0.25, 0.3) is 0 Å². The second-order valence-electron chi connectivity index (χ2n) is 5.80. The van der Waals surface area contributed by atoms with Gasteiger partial charge in [0.1, 0.15) is 0 Å².